The Kier molecular flexibility index (Phi) is 6.99. The van der Waals surface area contributed by atoms with Gasteiger partial charge < -0.3 is 14.9 Å². The van der Waals surface area contributed by atoms with Crippen LogP contribution in [0, 0.1) is 11.8 Å². The summed E-state index contributed by atoms with van der Waals surface area (Å²) in [4.78, 5) is 27.1. The van der Waals surface area contributed by atoms with Crippen LogP contribution in [0.2, 0.25) is 0 Å². The molecule has 1 unspecified atom stereocenters. The third kappa shape index (κ3) is 5.49. The largest absolute Gasteiger partial charge is 0.481 e. The summed E-state index contributed by atoms with van der Waals surface area (Å²) in [5.41, 5.74) is 0. The summed E-state index contributed by atoms with van der Waals surface area (Å²) < 4.78 is 0. The molecule has 1 rings (SSSR count). The van der Waals surface area contributed by atoms with Crippen molar-refractivity contribution in [2.24, 2.45) is 11.8 Å². The van der Waals surface area contributed by atoms with Gasteiger partial charge in [0.05, 0.1) is 0 Å². The fraction of sp³-hybridized carbons (Fsp3) is 0.867. The third-order valence-electron chi connectivity index (χ3n) is 4.07. The lowest BCUT2D eigenvalue weighted by Gasteiger charge is -2.31. The van der Waals surface area contributed by atoms with E-state index < -0.39 is 11.9 Å². The van der Waals surface area contributed by atoms with Crippen molar-refractivity contribution in [2.75, 3.05) is 33.7 Å². The monoisotopic (exact) mass is 284 g/mol. The quantitative estimate of drug-likeness (QED) is 0.723. The maximum absolute atomic E-state index is 12.3. The molecule has 0 heterocycles. The maximum atomic E-state index is 12.3. The van der Waals surface area contributed by atoms with Crippen LogP contribution in [0.15, 0.2) is 0 Å². The van der Waals surface area contributed by atoms with E-state index in [2.05, 4.69) is 0 Å². The SMILES string of the molecule is CC(C(=O)O)C(=O)N(CCN(C)C)CC1CCCCC1. The van der Waals surface area contributed by atoms with Crippen LogP contribution in [0.1, 0.15) is 39.0 Å². The van der Waals surface area contributed by atoms with Gasteiger partial charge in [-0.2, -0.15) is 0 Å². The summed E-state index contributed by atoms with van der Waals surface area (Å²) in [6.07, 6.45) is 6.07. The molecule has 0 saturated heterocycles. The predicted molar refractivity (Wildman–Crippen MR) is 78.5 cm³/mol. The molecule has 0 aliphatic heterocycles. The van der Waals surface area contributed by atoms with Crippen LogP contribution in [-0.4, -0.2) is 60.5 Å². The number of hydrogen-bond donors (Lipinski definition) is 1. The lowest BCUT2D eigenvalue weighted by atomic mass is 9.88. The zero-order valence-electron chi connectivity index (χ0n) is 13.0. The molecule has 0 aromatic heterocycles. The predicted octanol–water partition coefficient (Wildman–Crippen LogP) is 1.68. The van der Waals surface area contributed by atoms with E-state index in [0.717, 1.165) is 19.4 Å². The van der Waals surface area contributed by atoms with Gasteiger partial charge in [0.2, 0.25) is 5.91 Å². The van der Waals surface area contributed by atoms with Gasteiger partial charge in [0, 0.05) is 19.6 Å². The van der Waals surface area contributed by atoms with E-state index >= 15 is 0 Å². The second kappa shape index (κ2) is 8.25. The van der Waals surface area contributed by atoms with Gasteiger partial charge in [-0.15, -0.1) is 0 Å². The first-order valence-corrected chi connectivity index (χ1v) is 7.58. The highest BCUT2D eigenvalue weighted by Crippen LogP contribution is 2.24. The first kappa shape index (κ1) is 17.0. The molecule has 116 valence electrons. The van der Waals surface area contributed by atoms with Crippen LogP contribution in [0.3, 0.4) is 0 Å². The Morgan fingerprint density at radius 3 is 2.25 bits per heavy atom. The van der Waals surface area contributed by atoms with Gasteiger partial charge in [0.1, 0.15) is 5.92 Å². The molecule has 0 aromatic rings. The van der Waals surface area contributed by atoms with Crippen molar-refractivity contribution in [3.63, 3.8) is 0 Å². The molecule has 20 heavy (non-hydrogen) atoms. The molecule has 1 saturated carbocycles. The van der Waals surface area contributed by atoms with Crippen molar-refractivity contribution < 1.29 is 14.7 Å². The van der Waals surface area contributed by atoms with Gasteiger partial charge >= 0.3 is 5.97 Å². The van der Waals surface area contributed by atoms with E-state index in [0.29, 0.717) is 19.0 Å². The Bertz CT molecular complexity index is 325. The van der Waals surface area contributed by atoms with E-state index in [9.17, 15) is 9.59 Å². The molecular weight excluding hydrogens is 256 g/mol. The van der Waals surface area contributed by atoms with E-state index in [-0.39, 0.29) is 5.91 Å². The molecule has 0 aromatic carbocycles. The van der Waals surface area contributed by atoms with E-state index in [1.54, 1.807) is 4.90 Å². The van der Waals surface area contributed by atoms with Crippen LogP contribution in [0.4, 0.5) is 0 Å². The van der Waals surface area contributed by atoms with Gasteiger partial charge in [-0.1, -0.05) is 19.3 Å². The lowest BCUT2D eigenvalue weighted by Crippen LogP contribution is -2.44. The van der Waals surface area contributed by atoms with Gasteiger partial charge in [0.25, 0.3) is 0 Å². The number of likely N-dealkylation sites (N-methyl/N-ethyl adjacent to an activating group) is 1. The summed E-state index contributed by atoms with van der Waals surface area (Å²) >= 11 is 0. The summed E-state index contributed by atoms with van der Waals surface area (Å²) in [5, 5.41) is 9.03. The summed E-state index contributed by atoms with van der Waals surface area (Å²) in [7, 11) is 3.92. The van der Waals surface area contributed by atoms with Crippen LogP contribution in [0.5, 0.6) is 0 Å². The van der Waals surface area contributed by atoms with Crippen LogP contribution >= 0.6 is 0 Å². The minimum atomic E-state index is -1.03. The topological polar surface area (TPSA) is 60.9 Å². The number of carboxylic acids is 1. The Morgan fingerprint density at radius 2 is 1.75 bits per heavy atom. The summed E-state index contributed by atoms with van der Waals surface area (Å²) in [6.45, 7) is 3.57. The fourth-order valence-electron chi connectivity index (χ4n) is 2.67. The molecule has 0 radical (unpaired) electrons. The Hall–Kier alpha value is -1.10. The van der Waals surface area contributed by atoms with Crippen molar-refractivity contribution in [1.29, 1.82) is 0 Å². The van der Waals surface area contributed by atoms with Gasteiger partial charge in [-0.25, -0.2) is 0 Å². The highest BCUT2D eigenvalue weighted by molar-refractivity contribution is 5.96. The number of aliphatic carboxylic acids is 1. The first-order valence-electron chi connectivity index (χ1n) is 7.58. The second-order valence-electron chi connectivity index (χ2n) is 6.15. The molecule has 1 aliphatic carbocycles. The minimum absolute atomic E-state index is 0.245. The molecule has 5 heteroatoms. The molecule has 0 spiro atoms. The number of nitrogens with zero attached hydrogens (tertiary/aromatic N) is 2. The van der Waals surface area contributed by atoms with Crippen LogP contribution in [-0.2, 0) is 9.59 Å². The van der Waals surface area contributed by atoms with Crippen molar-refractivity contribution in [1.82, 2.24) is 9.80 Å². The smallest absolute Gasteiger partial charge is 0.315 e. The fourth-order valence-corrected chi connectivity index (χ4v) is 2.67. The number of carbonyl (C=O) groups is 2. The molecule has 1 amide bonds. The van der Waals surface area contributed by atoms with Gasteiger partial charge in [-0.3, -0.25) is 9.59 Å². The zero-order chi connectivity index (χ0) is 15.1. The number of rotatable bonds is 7. The lowest BCUT2D eigenvalue weighted by molar-refractivity contribution is -0.150. The van der Waals surface area contributed by atoms with E-state index in [4.69, 9.17) is 5.11 Å². The van der Waals surface area contributed by atoms with E-state index in [1.807, 2.05) is 19.0 Å². The van der Waals surface area contributed by atoms with Crippen LogP contribution in [0.25, 0.3) is 0 Å². The van der Waals surface area contributed by atoms with Crippen molar-refractivity contribution in [3.05, 3.63) is 0 Å². The number of hydrogen-bond acceptors (Lipinski definition) is 3. The Morgan fingerprint density at radius 1 is 1.15 bits per heavy atom. The number of amides is 1. The standard InChI is InChI=1S/C15H28N2O3/c1-12(15(19)20)14(18)17(10-9-16(2)3)11-13-7-5-4-6-8-13/h12-13H,4-11H2,1-3H3,(H,19,20). The summed E-state index contributed by atoms with van der Waals surface area (Å²) in [6, 6.07) is 0. The minimum Gasteiger partial charge on any atom is -0.481 e. The van der Waals surface area contributed by atoms with Gasteiger partial charge in [0.15, 0.2) is 0 Å². The molecule has 0 bridgehead atoms. The Balaban J connectivity index is 2.62. The van der Waals surface area contributed by atoms with Crippen molar-refractivity contribution >= 4 is 11.9 Å². The number of carboxylic acid groups (broad SMARTS) is 1. The highest BCUT2D eigenvalue weighted by Gasteiger charge is 2.28. The number of carbonyl (C=O) groups excluding carboxylic acids is 1. The molecular formula is C15H28N2O3. The van der Waals surface area contributed by atoms with Crippen molar-refractivity contribution in [3.8, 4) is 0 Å². The highest BCUT2D eigenvalue weighted by atomic mass is 16.4. The average Bonchev–Trinajstić information content (AvgIpc) is 2.42. The second-order valence-corrected chi connectivity index (χ2v) is 6.15. The molecule has 1 atom stereocenters. The first-order chi connectivity index (χ1) is 9.41. The maximum Gasteiger partial charge on any atom is 0.315 e. The van der Waals surface area contributed by atoms with Gasteiger partial charge in [-0.05, 0) is 39.8 Å². The van der Waals surface area contributed by atoms with E-state index in [1.165, 1.54) is 26.2 Å². The molecule has 1 aliphatic rings. The molecule has 5 nitrogen and oxygen atoms in total. The third-order valence-corrected chi connectivity index (χ3v) is 4.07. The van der Waals surface area contributed by atoms with Crippen molar-refractivity contribution in [2.45, 2.75) is 39.0 Å². The Labute approximate surface area is 121 Å². The molecule has 1 N–H and O–H groups in total. The normalized spacial score (nSPS) is 18.0. The van der Waals surface area contributed by atoms with Crippen LogP contribution < -0.4 is 0 Å². The average molecular weight is 284 g/mol. The summed E-state index contributed by atoms with van der Waals surface area (Å²) in [5.74, 6) is -1.69. The zero-order valence-corrected chi connectivity index (χ0v) is 13.0. The molecule has 1 fully saturated rings.